The maximum absolute atomic E-state index is 13.3. The lowest BCUT2D eigenvalue weighted by Gasteiger charge is -2.19. The Hall–Kier alpha value is -1.60. The van der Waals surface area contributed by atoms with Gasteiger partial charge in [0.15, 0.2) is 0 Å². The van der Waals surface area contributed by atoms with E-state index < -0.39 is 5.41 Å². The molecular weight excluding hydrogens is 243 g/mol. The number of ether oxygens (including phenoxy) is 1. The molecule has 0 aromatic heterocycles. The van der Waals surface area contributed by atoms with Crippen LogP contribution in [0, 0.1) is 22.6 Å². The molecule has 0 spiro atoms. The molecular formula is C15H21FN2O. The fourth-order valence-corrected chi connectivity index (χ4v) is 1.62. The second kappa shape index (κ2) is 6.53. The molecule has 0 bridgehead atoms. The van der Waals surface area contributed by atoms with Crippen LogP contribution in [-0.2, 0) is 0 Å². The quantitative estimate of drug-likeness (QED) is 0.856. The summed E-state index contributed by atoms with van der Waals surface area (Å²) in [6.45, 7) is 6.10. The molecule has 1 N–H and O–H groups in total. The van der Waals surface area contributed by atoms with Crippen molar-refractivity contribution in [3.8, 4) is 11.8 Å². The van der Waals surface area contributed by atoms with Crippen molar-refractivity contribution in [3.05, 3.63) is 29.6 Å². The van der Waals surface area contributed by atoms with E-state index in [1.807, 2.05) is 27.8 Å². The molecule has 1 rings (SSSR count). The third-order valence-corrected chi connectivity index (χ3v) is 3.16. The van der Waals surface area contributed by atoms with E-state index in [1.54, 1.807) is 6.07 Å². The molecule has 1 atom stereocenters. The molecule has 0 heterocycles. The minimum absolute atomic E-state index is 0.0829. The van der Waals surface area contributed by atoms with Gasteiger partial charge in [0.05, 0.1) is 18.1 Å². The van der Waals surface area contributed by atoms with Gasteiger partial charge >= 0.3 is 0 Å². The molecule has 0 aliphatic heterocycles. The van der Waals surface area contributed by atoms with E-state index in [2.05, 4.69) is 11.4 Å². The standard InChI is InChI=1S/C15H21FN2O/c1-11(18-4)13-6-5-12(16)9-14(13)19-8-7-15(2,3)10-17/h5-6,9,11,18H,7-8H2,1-4H3. The third kappa shape index (κ3) is 4.53. The molecule has 0 saturated heterocycles. The van der Waals surface area contributed by atoms with Crippen LogP contribution < -0.4 is 10.1 Å². The number of rotatable bonds is 6. The van der Waals surface area contributed by atoms with Gasteiger partial charge in [-0.3, -0.25) is 0 Å². The van der Waals surface area contributed by atoms with Gasteiger partial charge in [-0.1, -0.05) is 6.07 Å². The number of nitrogens with one attached hydrogen (secondary N) is 1. The molecule has 0 fully saturated rings. The lowest BCUT2D eigenvalue weighted by atomic mass is 9.92. The van der Waals surface area contributed by atoms with Gasteiger partial charge in [-0.2, -0.15) is 5.26 Å². The first-order valence-electron chi connectivity index (χ1n) is 6.40. The minimum atomic E-state index is -0.428. The molecule has 1 aromatic carbocycles. The highest BCUT2D eigenvalue weighted by Gasteiger charge is 2.17. The topological polar surface area (TPSA) is 45.0 Å². The van der Waals surface area contributed by atoms with Crippen LogP contribution in [-0.4, -0.2) is 13.7 Å². The van der Waals surface area contributed by atoms with Crippen molar-refractivity contribution in [1.82, 2.24) is 5.32 Å². The largest absolute Gasteiger partial charge is 0.493 e. The number of benzene rings is 1. The van der Waals surface area contributed by atoms with Crippen molar-refractivity contribution >= 4 is 0 Å². The van der Waals surface area contributed by atoms with Crippen LogP contribution in [0.4, 0.5) is 4.39 Å². The SMILES string of the molecule is CNC(C)c1ccc(F)cc1OCCC(C)(C)C#N. The Morgan fingerprint density at radius 2 is 2.16 bits per heavy atom. The molecule has 1 aromatic rings. The summed E-state index contributed by atoms with van der Waals surface area (Å²) in [4.78, 5) is 0. The van der Waals surface area contributed by atoms with E-state index in [0.29, 0.717) is 18.8 Å². The maximum Gasteiger partial charge on any atom is 0.126 e. The number of hydrogen-bond acceptors (Lipinski definition) is 3. The summed E-state index contributed by atoms with van der Waals surface area (Å²) in [6, 6.07) is 6.84. The van der Waals surface area contributed by atoms with Gasteiger partial charge < -0.3 is 10.1 Å². The molecule has 0 amide bonds. The molecule has 104 valence electrons. The Bertz CT molecular complexity index is 466. The lowest BCUT2D eigenvalue weighted by molar-refractivity contribution is 0.260. The summed E-state index contributed by atoms with van der Waals surface area (Å²) >= 11 is 0. The van der Waals surface area contributed by atoms with Crippen molar-refractivity contribution < 1.29 is 9.13 Å². The number of halogens is 1. The van der Waals surface area contributed by atoms with Gasteiger partial charge in [-0.05, 0) is 40.3 Å². The van der Waals surface area contributed by atoms with Gasteiger partial charge in [-0.25, -0.2) is 4.39 Å². The van der Waals surface area contributed by atoms with E-state index in [-0.39, 0.29) is 11.9 Å². The van der Waals surface area contributed by atoms with Crippen molar-refractivity contribution in [2.75, 3.05) is 13.7 Å². The van der Waals surface area contributed by atoms with E-state index >= 15 is 0 Å². The Kier molecular flexibility index (Phi) is 5.31. The summed E-state index contributed by atoms with van der Waals surface area (Å²) in [5, 5.41) is 12.0. The number of hydrogen-bond donors (Lipinski definition) is 1. The molecule has 1 unspecified atom stereocenters. The smallest absolute Gasteiger partial charge is 0.126 e. The molecule has 0 aliphatic rings. The average molecular weight is 264 g/mol. The van der Waals surface area contributed by atoms with Crippen LogP contribution in [0.15, 0.2) is 18.2 Å². The van der Waals surface area contributed by atoms with Crippen molar-refractivity contribution in [3.63, 3.8) is 0 Å². The van der Waals surface area contributed by atoms with E-state index in [9.17, 15) is 4.39 Å². The summed E-state index contributed by atoms with van der Waals surface area (Å²) < 4.78 is 18.9. The fourth-order valence-electron chi connectivity index (χ4n) is 1.62. The molecule has 4 heteroatoms. The summed E-state index contributed by atoms with van der Waals surface area (Å²) in [7, 11) is 1.84. The van der Waals surface area contributed by atoms with E-state index in [4.69, 9.17) is 10.00 Å². The first-order valence-corrected chi connectivity index (χ1v) is 6.40. The summed E-state index contributed by atoms with van der Waals surface area (Å²) in [5.74, 6) is 0.220. The zero-order valence-electron chi connectivity index (χ0n) is 12.0. The van der Waals surface area contributed by atoms with Crippen LogP contribution >= 0.6 is 0 Å². The second-order valence-corrected chi connectivity index (χ2v) is 5.29. The predicted molar refractivity (Wildman–Crippen MR) is 73.4 cm³/mol. The Morgan fingerprint density at radius 3 is 2.74 bits per heavy atom. The second-order valence-electron chi connectivity index (χ2n) is 5.29. The number of nitrogens with zero attached hydrogens (tertiary/aromatic N) is 1. The van der Waals surface area contributed by atoms with Crippen molar-refractivity contribution in [2.45, 2.75) is 33.2 Å². The van der Waals surface area contributed by atoms with Gasteiger partial charge in [0.25, 0.3) is 0 Å². The summed E-state index contributed by atoms with van der Waals surface area (Å²) in [5.41, 5.74) is 0.487. The van der Waals surface area contributed by atoms with Crippen molar-refractivity contribution in [1.29, 1.82) is 5.26 Å². The summed E-state index contributed by atoms with van der Waals surface area (Å²) in [6.07, 6.45) is 0.605. The molecule has 0 saturated carbocycles. The zero-order chi connectivity index (χ0) is 14.5. The van der Waals surface area contributed by atoms with Crippen LogP contribution in [0.3, 0.4) is 0 Å². The highest BCUT2D eigenvalue weighted by Crippen LogP contribution is 2.27. The lowest BCUT2D eigenvalue weighted by Crippen LogP contribution is -2.16. The van der Waals surface area contributed by atoms with Crippen LogP contribution in [0.2, 0.25) is 0 Å². The molecule has 0 aliphatic carbocycles. The van der Waals surface area contributed by atoms with Crippen LogP contribution in [0.25, 0.3) is 0 Å². The maximum atomic E-state index is 13.3. The monoisotopic (exact) mass is 264 g/mol. The van der Waals surface area contributed by atoms with Crippen LogP contribution in [0.5, 0.6) is 5.75 Å². The highest BCUT2D eigenvalue weighted by atomic mass is 19.1. The minimum Gasteiger partial charge on any atom is -0.493 e. The Labute approximate surface area is 114 Å². The van der Waals surface area contributed by atoms with Crippen LogP contribution in [0.1, 0.15) is 38.8 Å². The molecule has 0 radical (unpaired) electrons. The Morgan fingerprint density at radius 1 is 1.47 bits per heavy atom. The normalized spacial score (nSPS) is 12.8. The molecule has 19 heavy (non-hydrogen) atoms. The number of nitriles is 1. The first-order chi connectivity index (χ1) is 8.89. The zero-order valence-corrected chi connectivity index (χ0v) is 12.0. The molecule has 3 nitrogen and oxygen atoms in total. The van der Waals surface area contributed by atoms with Gasteiger partial charge in [-0.15, -0.1) is 0 Å². The average Bonchev–Trinajstić information content (AvgIpc) is 2.38. The van der Waals surface area contributed by atoms with E-state index in [1.165, 1.54) is 12.1 Å². The van der Waals surface area contributed by atoms with Gasteiger partial charge in [0, 0.05) is 17.7 Å². The van der Waals surface area contributed by atoms with E-state index in [0.717, 1.165) is 5.56 Å². The predicted octanol–water partition coefficient (Wildman–Crippen LogP) is 3.42. The third-order valence-electron chi connectivity index (χ3n) is 3.16. The van der Waals surface area contributed by atoms with Gasteiger partial charge in [0.2, 0.25) is 0 Å². The first kappa shape index (κ1) is 15.5. The fraction of sp³-hybridized carbons (Fsp3) is 0.533. The Balaban J connectivity index is 2.77. The van der Waals surface area contributed by atoms with Crippen molar-refractivity contribution in [2.24, 2.45) is 5.41 Å². The van der Waals surface area contributed by atoms with Gasteiger partial charge in [0.1, 0.15) is 11.6 Å². The highest BCUT2D eigenvalue weighted by molar-refractivity contribution is 5.36.